The number of ether oxygens (including phenoxy) is 4. The number of rotatable bonds is 13. The molecule has 5 amide bonds. The number of carbonyl (C=O) groups is 4. The van der Waals surface area contributed by atoms with Crippen molar-refractivity contribution in [3.8, 4) is 17.0 Å². The van der Waals surface area contributed by atoms with E-state index in [1.807, 2.05) is 47.4 Å². The summed E-state index contributed by atoms with van der Waals surface area (Å²) in [4.78, 5) is 68.7. The summed E-state index contributed by atoms with van der Waals surface area (Å²) in [6, 6.07) is 16.1. The molecule has 426 valence electrons. The molecule has 2 aromatic carbocycles. The molecule has 19 nitrogen and oxygen atoms in total. The van der Waals surface area contributed by atoms with Crippen LogP contribution >= 0.6 is 0 Å². The number of piperazine rings is 1. The number of hydrogen-bond donors (Lipinski definition) is 1. The number of pyridine rings is 1. The SMILES string of the molecule is COCOc1ccccc1-c1cc(N2CC3CCC(C2)N3c2ccc(F)c(N3CCC(F)(CN4CCC(n5cc(C6CC6)c6cc(N7CCC(=O)NC7=O)cnc65)CC4)CC3)c2)c(N(C(=O)OC(C)(C)C)C(=O)OC(C)(C)C)nn1. The number of methoxy groups -OCH3 is 1. The number of amides is 5. The van der Waals surface area contributed by atoms with E-state index >= 15 is 8.78 Å². The second-order valence-electron chi connectivity index (χ2n) is 24.3. The standard InChI is InChI=1S/C59H73F2N11O8/c1-57(2,3)79-55(75)72(56(76)80-58(4,5)6)53-49(30-47(64-65-53)43-10-8-9-11-50(43)78-36-77-7)68-32-40-14-15-41(33-68)71(40)39-16-17-46(60)48(29-39)67-26-21-59(61,22-27-67)35-66-23-18-38(19-24-66)70-34-45(37-12-13-37)44-28-42(31-62-52(44)70)69-25-20-51(73)63-54(69)74/h8-11,16-17,28-31,34,37-38,40-41H,12-15,18-27,32-33,35-36H2,1-7H3,(H,63,73,74). The zero-order valence-electron chi connectivity index (χ0n) is 46.9. The number of fused-ring (bicyclic) bond motifs is 3. The summed E-state index contributed by atoms with van der Waals surface area (Å²) >= 11 is 0. The lowest BCUT2D eigenvalue weighted by Crippen LogP contribution is -2.55. The molecule has 2 atom stereocenters. The zero-order chi connectivity index (χ0) is 56.3. The van der Waals surface area contributed by atoms with Crippen LogP contribution < -0.4 is 34.6 Å². The minimum Gasteiger partial charge on any atom is -0.467 e. The number of para-hydroxylation sites is 1. The summed E-state index contributed by atoms with van der Waals surface area (Å²) in [6.07, 6.45) is 8.45. The molecule has 5 saturated heterocycles. The van der Waals surface area contributed by atoms with E-state index < -0.39 is 35.1 Å². The predicted molar refractivity (Wildman–Crippen MR) is 300 cm³/mol. The number of imide groups is 2. The summed E-state index contributed by atoms with van der Waals surface area (Å²) in [6.45, 7) is 14.1. The van der Waals surface area contributed by atoms with Crippen molar-refractivity contribution < 1.29 is 46.9 Å². The topological polar surface area (TPSA) is 180 Å². The van der Waals surface area contributed by atoms with Gasteiger partial charge in [0.1, 0.15) is 34.1 Å². The first-order chi connectivity index (χ1) is 38.2. The van der Waals surface area contributed by atoms with Crippen molar-refractivity contribution in [1.29, 1.82) is 0 Å². The molecule has 5 aliphatic heterocycles. The van der Waals surface area contributed by atoms with E-state index in [1.54, 1.807) is 58.7 Å². The Balaban J connectivity index is 0.772. The summed E-state index contributed by atoms with van der Waals surface area (Å²) in [7, 11) is 1.53. The number of aromatic nitrogens is 4. The number of benzene rings is 2. The van der Waals surface area contributed by atoms with Gasteiger partial charge in [-0.2, -0.15) is 4.90 Å². The van der Waals surface area contributed by atoms with E-state index in [-0.39, 0.29) is 61.7 Å². The van der Waals surface area contributed by atoms with E-state index in [4.69, 9.17) is 23.9 Å². The molecule has 6 fully saturated rings. The van der Waals surface area contributed by atoms with Gasteiger partial charge in [-0.1, -0.05) is 12.1 Å². The van der Waals surface area contributed by atoms with Crippen LogP contribution in [-0.4, -0.2) is 144 Å². The Morgan fingerprint density at radius 1 is 0.787 bits per heavy atom. The van der Waals surface area contributed by atoms with Gasteiger partial charge in [0.15, 0.2) is 12.6 Å². The van der Waals surface area contributed by atoms with Crippen LogP contribution in [0.1, 0.15) is 117 Å². The first-order valence-electron chi connectivity index (χ1n) is 28.2. The highest BCUT2D eigenvalue weighted by molar-refractivity contribution is 6.11. The van der Waals surface area contributed by atoms with Crippen LogP contribution in [0.25, 0.3) is 22.3 Å². The smallest absolute Gasteiger partial charge is 0.425 e. The Kier molecular flexibility index (Phi) is 14.9. The van der Waals surface area contributed by atoms with Crippen molar-refractivity contribution in [2.24, 2.45) is 0 Å². The van der Waals surface area contributed by atoms with Gasteiger partial charge in [-0.25, -0.2) is 28.1 Å². The molecule has 8 heterocycles. The maximum Gasteiger partial charge on any atom is 0.425 e. The van der Waals surface area contributed by atoms with Crippen molar-refractivity contribution in [2.45, 2.75) is 140 Å². The van der Waals surface area contributed by atoms with Gasteiger partial charge in [0.25, 0.3) is 0 Å². The highest BCUT2D eigenvalue weighted by Gasteiger charge is 2.45. The van der Waals surface area contributed by atoms with Crippen molar-refractivity contribution in [3.05, 3.63) is 78.4 Å². The maximum atomic E-state index is 17.0. The van der Waals surface area contributed by atoms with Crippen LogP contribution in [0.3, 0.4) is 0 Å². The molecule has 2 bridgehead atoms. The molecule has 80 heavy (non-hydrogen) atoms. The lowest BCUT2D eigenvalue weighted by atomic mass is 9.91. The van der Waals surface area contributed by atoms with E-state index in [0.29, 0.717) is 79.3 Å². The van der Waals surface area contributed by atoms with Crippen molar-refractivity contribution in [3.63, 3.8) is 0 Å². The Bertz CT molecular complexity index is 3120. The number of urea groups is 1. The molecule has 1 saturated carbocycles. The molecular formula is C59H73F2N11O8. The van der Waals surface area contributed by atoms with Crippen LogP contribution in [0.15, 0.2) is 67.0 Å². The minimum atomic E-state index is -1.42. The van der Waals surface area contributed by atoms with Crippen LogP contribution in [-0.2, 0) is 19.0 Å². The summed E-state index contributed by atoms with van der Waals surface area (Å²) in [5.74, 6) is 0.300. The van der Waals surface area contributed by atoms with Gasteiger partial charge >= 0.3 is 18.2 Å². The number of likely N-dealkylation sites (tertiary alicyclic amines) is 1. The number of piperidine rings is 2. The number of hydrogen-bond acceptors (Lipinski definition) is 15. The van der Waals surface area contributed by atoms with E-state index in [0.717, 1.165) is 73.2 Å². The fraction of sp³-hybridized carbons (Fsp3) is 0.542. The van der Waals surface area contributed by atoms with E-state index in [1.165, 1.54) is 18.7 Å². The molecule has 0 spiro atoms. The number of anilines is 5. The molecule has 1 N–H and O–H groups in total. The highest BCUT2D eigenvalue weighted by Crippen LogP contribution is 2.47. The zero-order valence-corrected chi connectivity index (χ0v) is 46.9. The number of carbonyl (C=O) groups excluding carboxylic acids is 4. The Labute approximate surface area is 465 Å². The largest absolute Gasteiger partial charge is 0.467 e. The maximum absolute atomic E-state index is 17.0. The molecule has 3 aromatic heterocycles. The van der Waals surface area contributed by atoms with E-state index in [9.17, 15) is 19.2 Å². The summed E-state index contributed by atoms with van der Waals surface area (Å²) < 4.78 is 58.0. The molecule has 0 radical (unpaired) electrons. The average Bonchev–Trinajstić information content (AvgIpc) is 4.31. The quantitative estimate of drug-likeness (QED) is 0.110. The van der Waals surface area contributed by atoms with Crippen LogP contribution in [0.4, 0.5) is 51.7 Å². The van der Waals surface area contributed by atoms with Gasteiger partial charge in [-0.05, 0) is 134 Å². The Morgan fingerprint density at radius 2 is 1.48 bits per heavy atom. The van der Waals surface area contributed by atoms with Gasteiger partial charge in [0, 0.05) is 120 Å². The fourth-order valence-corrected chi connectivity index (χ4v) is 12.3. The van der Waals surface area contributed by atoms with Gasteiger partial charge in [-0.15, -0.1) is 10.2 Å². The first-order valence-corrected chi connectivity index (χ1v) is 28.2. The normalized spacial score (nSPS) is 21.0. The molecular weight excluding hydrogens is 1030 g/mol. The van der Waals surface area contributed by atoms with Crippen molar-refractivity contribution in [1.82, 2.24) is 30.0 Å². The van der Waals surface area contributed by atoms with Crippen LogP contribution in [0.2, 0.25) is 0 Å². The minimum absolute atomic E-state index is 0.000591. The second kappa shape index (κ2) is 21.7. The van der Waals surface area contributed by atoms with Crippen molar-refractivity contribution >= 4 is 63.7 Å². The molecule has 1 aliphatic carbocycles. The lowest BCUT2D eigenvalue weighted by molar-refractivity contribution is -0.120. The summed E-state index contributed by atoms with van der Waals surface area (Å²) in [5, 5.41) is 12.6. The highest BCUT2D eigenvalue weighted by atomic mass is 19.1. The van der Waals surface area contributed by atoms with Crippen molar-refractivity contribution in [2.75, 3.05) is 90.8 Å². The number of nitrogens with zero attached hydrogens (tertiary/aromatic N) is 10. The Hall–Kier alpha value is -7.13. The van der Waals surface area contributed by atoms with Crippen LogP contribution in [0.5, 0.6) is 5.75 Å². The second-order valence-corrected chi connectivity index (χ2v) is 24.3. The van der Waals surface area contributed by atoms with Gasteiger partial charge < -0.3 is 43.1 Å². The molecule has 21 heteroatoms. The average molecular weight is 1100 g/mol. The summed E-state index contributed by atoms with van der Waals surface area (Å²) in [5.41, 5.74) is 2.35. The first kappa shape index (κ1) is 54.8. The number of halogens is 2. The van der Waals surface area contributed by atoms with E-state index in [2.05, 4.69) is 41.0 Å². The van der Waals surface area contributed by atoms with Gasteiger partial charge in [-0.3, -0.25) is 15.0 Å². The lowest BCUT2D eigenvalue weighted by Gasteiger charge is -2.44. The third kappa shape index (κ3) is 11.6. The van der Waals surface area contributed by atoms with Crippen LogP contribution in [0, 0.1) is 5.82 Å². The molecule has 6 aliphatic rings. The Morgan fingerprint density at radius 3 is 2.12 bits per heavy atom. The molecule has 5 aromatic rings. The predicted octanol–water partition coefficient (Wildman–Crippen LogP) is 10.1. The monoisotopic (exact) mass is 1100 g/mol. The van der Waals surface area contributed by atoms with Gasteiger partial charge in [0.2, 0.25) is 5.91 Å². The van der Waals surface area contributed by atoms with Gasteiger partial charge in [0.05, 0.1) is 29.0 Å². The fourth-order valence-electron chi connectivity index (χ4n) is 12.3. The third-order valence-electron chi connectivity index (χ3n) is 16.2. The number of nitrogens with one attached hydrogen (secondary N) is 1. The molecule has 2 unspecified atom stereocenters. The third-order valence-corrected chi connectivity index (χ3v) is 16.2. The number of alkyl halides is 1. The molecule has 11 rings (SSSR count).